The molecule has 1 fully saturated rings. The van der Waals surface area contributed by atoms with Crippen molar-refractivity contribution < 1.29 is 9.53 Å². The highest BCUT2D eigenvalue weighted by Crippen LogP contribution is 2.20. The first-order valence-electron chi connectivity index (χ1n) is 7.02. The van der Waals surface area contributed by atoms with Gasteiger partial charge in [-0.3, -0.25) is 4.79 Å². The number of hydrogen-bond acceptors (Lipinski definition) is 4. The molecule has 1 amide bonds. The molecule has 0 aromatic heterocycles. The number of piperidine rings is 1. The van der Waals surface area contributed by atoms with E-state index < -0.39 is 0 Å². The van der Waals surface area contributed by atoms with Crippen molar-refractivity contribution in [1.29, 1.82) is 0 Å². The summed E-state index contributed by atoms with van der Waals surface area (Å²) in [5, 5.41) is 6.38. The van der Waals surface area contributed by atoms with Gasteiger partial charge in [-0.1, -0.05) is 0 Å². The minimum atomic E-state index is 0.108. The summed E-state index contributed by atoms with van der Waals surface area (Å²) in [6.45, 7) is 2.92. The standard InChI is InChI=1S/C15H22N2O2S/c1-19-13-4-6-14(7-5-13)20-11-15(18)17-10-12-3-2-8-16-9-12/h4-7,12,16H,2-3,8-11H2,1H3,(H,17,18). The monoisotopic (exact) mass is 294 g/mol. The Morgan fingerprint density at radius 1 is 1.45 bits per heavy atom. The summed E-state index contributed by atoms with van der Waals surface area (Å²) >= 11 is 1.55. The van der Waals surface area contributed by atoms with Crippen molar-refractivity contribution in [2.24, 2.45) is 5.92 Å². The summed E-state index contributed by atoms with van der Waals surface area (Å²) in [5.41, 5.74) is 0. The number of hydrogen-bond donors (Lipinski definition) is 2. The first-order valence-corrected chi connectivity index (χ1v) is 8.01. The molecular formula is C15H22N2O2S. The number of methoxy groups -OCH3 is 1. The van der Waals surface area contributed by atoms with Crippen LogP contribution in [0.2, 0.25) is 0 Å². The van der Waals surface area contributed by atoms with Crippen molar-refractivity contribution in [2.75, 3.05) is 32.5 Å². The maximum absolute atomic E-state index is 11.8. The summed E-state index contributed by atoms with van der Waals surface area (Å²) in [7, 11) is 1.65. The van der Waals surface area contributed by atoms with Crippen molar-refractivity contribution in [3.8, 4) is 5.75 Å². The Labute approximate surface area is 124 Å². The largest absolute Gasteiger partial charge is 0.497 e. The second-order valence-corrected chi connectivity index (χ2v) is 6.03. The lowest BCUT2D eigenvalue weighted by atomic mass is 10.00. The summed E-state index contributed by atoms with van der Waals surface area (Å²) in [6.07, 6.45) is 2.42. The van der Waals surface area contributed by atoms with E-state index in [1.807, 2.05) is 24.3 Å². The lowest BCUT2D eigenvalue weighted by molar-refractivity contribution is -0.118. The molecule has 1 aromatic carbocycles. The highest BCUT2D eigenvalue weighted by atomic mass is 32.2. The molecule has 1 atom stereocenters. The van der Waals surface area contributed by atoms with Crippen LogP contribution in [-0.2, 0) is 4.79 Å². The fourth-order valence-electron chi connectivity index (χ4n) is 2.23. The normalized spacial score (nSPS) is 18.6. The van der Waals surface area contributed by atoms with Crippen LogP contribution in [0.5, 0.6) is 5.75 Å². The van der Waals surface area contributed by atoms with Crippen LogP contribution in [0.15, 0.2) is 29.2 Å². The minimum Gasteiger partial charge on any atom is -0.497 e. The number of rotatable bonds is 6. The van der Waals surface area contributed by atoms with Crippen molar-refractivity contribution >= 4 is 17.7 Å². The highest BCUT2D eigenvalue weighted by molar-refractivity contribution is 8.00. The van der Waals surface area contributed by atoms with Gasteiger partial charge < -0.3 is 15.4 Å². The van der Waals surface area contributed by atoms with Crippen molar-refractivity contribution in [1.82, 2.24) is 10.6 Å². The Balaban J connectivity index is 1.66. The second kappa shape index (κ2) is 8.17. The maximum Gasteiger partial charge on any atom is 0.230 e. The average molecular weight is 294 g/mol. The van der Waals surface area contributed by atoms with Crippen LogP contribution < -0.4 is 15.4 Å². The number of benzene rings is 1. The predicted molar refractivity (Wildman–Crippen MR) is 82.3 cm³/mol. The molecule has 1 aromatic rings. The van der Waals surface area contributed by atoms with Crippen LogP contribution in [0, 0.1) is 5.92 Å². The molecule has 1 heterocycles. The minimum absolute atomic E-state index is 0.108. The maximum atomic E-state index is 11.8. The van der Waals surface area contributed by atoms with Gasteiger partial charge in [0.2, 0.25) is 5.91 Å². The van der Waals surface area contributed by atoms with E-state index in [1.165, 1.54) is 12.8 Å². The van der Waals surface area contributed by atoms with Gasteiger partial charge in [0.05, 0.1) is 12.9 Å². The SMILES string of the molecule is COc1ccc(SCC(=O)NCC2CCCNC2)cc1. The Bertz CT molecular complexity index is 416. The highest BCUT2D eigenvalue weighted by Gasteiger charge is 2.13. The number of amides is 1. The fourth-order valence-corrected chi connectivity index (χ4v) is 2.96. The van der Waals surface area contributed by atoms with E-state index in [-0.39, 0.29) is 5.91 Å². The molecule has 5 heteroatoms. The van der Waals surface area contributed by atoms with Crippen LogP contribution in [0.1, 0.15) is 12.8 Å². The van der Waals surface area contributed by atoms with Gasteiger partial charge in [0, 0.05) is 11.4 Å². The van der Waals surface area contributed by atoms with Crippen molar-refractivity contribution in [3.05, 3.63) is 24.3 Å². The van der Waals surface area contributed by atoms with Crippen LogP contribution >= 0.6 is 11.8 Å². The molecule has 1 unspecified atom stereocenters. The molecule has 4 nitrogen and oxygen atoms in total. The number of ether oxygens (including phenoxy) is 1. The summed E-state index contributed by atoms with van der Waals surface area (Å²) in [5.74, 6) is 1.99. The topological polar surface area (TPSA) is 50.4 Å². The van der Waals surface area contributed by atoms with E-state index in [1.54, 1.807) is 18.9 Å². The summed E-state index contributed by atoms with van der Waals surface area (Å²) in [4.78, 5) is 12.9. The number of thioether (sulfide) groups is 1. The van der Waals surface area contributed by atoms with E-state index in [2.05, 4.69) is 10.6 Å². The molecule has 2 rings (SSSR count). The van der Waals surface area contributed by atoms with E-state index >= 15 is 0 Å². The zero-order chi connectivity index (χ0) is 14.2. The third-order valence-corrected chi connectivity index (χ3v) is 4.43. The molecule has 1 aliphatic heterocycles. The molecule has 0 bridgehead atoms. The first-order chi connectivity index (χ1) is 9.78. The molecule has 0 radical (unpaired) electrons. The van der Waals surface area contributed by atoms with Gasteiger partial charge in [-0.05, 0) is 56.1 Å². The molecular weight excluding hydrogens is 272 g/mol. The van der Waals surface area contributed by atoms with Gasteiger partial charge in [0.15, 0.2) is 0 Å². The molecule has 1 saturated heterocycles. The molecule has 0 saturated carbocycles. The smallest absolute Gasteiger partial charge is 0.230 e. The van der Waals surface area contributed by atoms with Crippen LogP contribution in [0.3, 0.4) is 0 Å². The lowest BCUT2D eigenvalue weighted by Gasteiger charge is -2.22. The number of nitrogens with one attached hydrogen (secondary N) is 2. The Morgan fingerprint density at radius 2 is 2.25 bits per heavy atom. The molecule has 2 N–H and O–H groups in total. The molecule has 110 valence electrons. The van der Waals surface area contributed by atoms with Gasteiger partial charge in [-0.15, -0.1) is 11.8 Å². The molecule has 0 spiro atoms. The van der Waals surface area contributed by atoms with Crippen LogP contribution in [-0.4, -0.2) is 38.4 Å². The number of carbonyl (C=O) groups is 1. The van der Waals surface area contributed by atoms with Gasteiger partial charge in [0.1, 0.15) is 5.75 Å². The fraction of sp³-hybridized carbons (Fsp3) is 0.533. The van der Waals surface area contributed by atoms with Gasteiger partial charge >= 0.3 is 0 Å². The van der Waals surface area contributed by atoms with Gasteiger partial charge in [0.25, 0.3) is 0 Å². The summed E-state index contributed by atoms with van der Waals surface area (Å²) < 4.78 is 5.11. The molecule has 0 aliphatic carbocycles. The third kappa shape index (κ3) is 5.06. The zero-order valence-electron chi connectivity index (χ0n) is 11.9. The van der Waals surface area contributed by atoms with E-state index in [4.69, 9.17) is 4.74 Å². The Morgan fingerprint density at radius 3 is 2.90 bits per heavy atom. The van der Waals surface area contributed by atoms with Crippen molar-refractivity contribution in [3.63, 3.8) is 0 Å². The summed E-state index contributed by atoms with van der Waals surface area (Å²) in [6, 6.07) is 7.77. The van der Waals surface area contributed by atoms with Gasteiger partial charge in [-0.25, -0.2) is 0 Å². The zero-order valence-corrected chi connectivity index (χ0v) is 12.7. The van der Waals surface area contributed by atoms with Crippen molar-refractivity contribution in [2.45, 2.75) is 17.7 Å². The van der Waals surface area contributed by atoms with Gasteiger partial charge in [-0.2, -0.15) is 0 Å². The predicted octanol–water partition coefficient (Wildman–Crippen LogP) is 1.90. The molecule has 20 heavy (non-hydrogen) atoms. The average Bonchev–Trinajstić information content (AvgIpc) is 2.52. The van der Waals surface area contributed by atoms with Crippen LogP contribution in [0.4, 0.5) is 0 Å². The molecule has 1 aliphatic rings. The second-order valence-electron chi connectivity index (χ2n) is 4.98. The quantitative estimate of drug-likeness (QED) is 0.787. The Kier molecular flexibility index (Phi) is 6.21. The number of carbonyl (C=O) groups excluding carboxylic acids is 1. The first kappa shape index (κ1) is 15.2. The van der Waals surface area contributed by atoms with E-state index in [9.17, 15) is 4.79 Å². The Hall–Kier alpha value is -1.20. The third-order valence-electron chi connectivity index (χ3n) is 3.42. The lowest BCUT2D eigenvalue weighted by Crippen LogP contribution is -2.38. The van der Waals surface area contributed by atoms with E-state index in [0.29, 0.717) is 11.7 Å². The van der Waals surface area contributed by atoms with Crippen LogP contribution in [0.25, 0.3) is 0 Å². The van der Waals surface area contributed by atoms with E-state index in [0.717, 1.165) is 30.3 Å².